The highest BCUT2D eigenvalue weighted by Crippen LogP contribution is 2.25. The summed E-state index contributed by atoms with van der Waals surface area (Å²) in [6.07, 6.45) is 2.98. The third-order valence-electron chi connectivity index (χ3n) is 4.50. The molecule has 36 heavy (non-hydrogen) atoms. The highest BCUT2D eigenvalue weighted by molar-refractivity contribution is 5.94. The summed E-state index contributed by atoms with van der Waals surface area (Å²) in [5, 5.41) is 7.62. The maximum Gasteiger partial charge on any atom is 0.343 e. The van der Waals surface area contributed by atoms with Gasteiger partial charge in [0.15, 0.2) is 0 Å². The van der Waals surface area contributed by atoms with E-state index in [0.717, 1.165) is 18.4 Å². The van der Waals surface area contributed by atoms with Crippen LogP contribution < -0.4 is 18.9 Å². The Labute approximate surface area is 205 Å². The van der Waals surface area contributed by atoms with Crippen LogP contribution in [0.2, 0.25) is 0 Å². The molecule has 180 valence electrons. The van der Waals surface area contributed by atoms with Crippen molar-refractivity contribution in [3.05, 3.63) is 109 Å². The SMILES string of the molecule is C=CC(=O)Oc1ccc(C(=O)Oc2ccc(OC(=O)c3ccc(OC(=O)C=C)cc3)c(C=N)c2)cc1. The Bertz CT molecular complexity index is 1340. The number of carbonyl (C=O) groups is 4. The molecular weight excluding hydrogens is 466 g/mol. The second kappa shape index (κ2) is 11.7. The number of esters is 4. The molecule has 1 N–H and O–H groups in total. The number of rotatable bonds is 9. The van der Waals surface area contributed by atoms with Crippen molar-refractivity contribution in [1.82, 2.24) is 0 Å². The van der Waals surface area contributed by atoms with Crippen LogP contribution in [0.4, 0.5) is 0 Å². The minimum atomic E-state index is -0.707. The molecular formula is C27H19NO8. The smallest absolute Gasteiger partial charge is 0.343 e. The second-order valence-corrected chi connectivity index (χ2v) is 6.92. The Balaban J connectivity index is 1.66. The highest BCUT2D eigenvalue weighted by atomic mass is 16.5. The maximum absolute atomic E-state index is 12.5. The Morgan fingerprint density at radius 2 is 1.06 bits per heavy atom. The van der Waals surface area contributed by atoms with Gasteiger partial charge in [0.25, 0.3) is 0 Å². The molecule has 9 nitrogen and oxygen atoms in total. The fourth-order valence-corrected chi connectivity index (χ4v) is 2.75. The quantitative estimate of drug-likeness (QED) is 0.206. The number of hydrogen-bond acceptors (Lipinski definition) is 9. The zero-order valence-corrected chi connectivity index (χ0v) is 18.8. The largest absolute Gasteiger partial charge is 0.423 e. The molecule has 3 aromatic carbocycles. The number of benzene rings is 3. The van der Waals surface area contributed by atoms with E-state index in [2.05, 4.69) is 13.2 Å². The lowest BCUT2D eigenvalue weighted by Gasteiger charge is -2.10. The van der Waals surface area contributed by atoms with E-state index in [1.54, 1.807) is 0 Å². The first-order chi connectivity index (χ1) is 17.3. The molecule has 0 fully saturated rings. The summed E-state index contributed by atoms with van der Waals surface area (Å²) < 4.78 is 20.6. The number of nitrogens with one attached hydrogen (secondary N) is 1. The van der Waals surface area contributed by atoms with Gasteiger partial charge in [-0.25, -0.2) is 19.2 Å². The molecule has 0 aromatic heterocycles. The van der Waals surface area contributed by atoms with Gasteiger partial charge in [0.2, 0.25) is 0 Å². The van der Waals surface area contributed by atoms with E-state index in [0.29, 0.717) is 0 Å². The third kappa shape index (κ3) is 6.61. The van der Waals surface area contributed by atoms with E-state index in [1.807, 2.05) is 0 Å². The van der Waals surface area contributed by atoms with Crippen LogP contribution in [-0.4, -0.2) is 30.1 Å². The van der Waals surface area contributed by atoms with E-state index in [4.69, 9.17) is 24.4 Å². The highest BCUT2D eigenvalue weighted by Gasteiger charge is 2.15. The van der Waals surface area contributed by atoms with Gasteiger partial charge in [-0.15, -0.1) is 0 Å². The van der Waals surface area contributed by atoms with Gasteiger partial charge in [-0.1, -0.05) is 13.2 Å². The molecule has 0 heterocycles. The van der Waals surface area contributed by atoms with Gasteiger partial charge in [0.1, 0.15) is 23.0 Å². The van der Waals surface area contributed by atoms with E-state index < -0.39 is 23.9 Å². The van der Waals surface area contributed by atoms with E-state index >= 15 is 0 Å². The summed E-state index contributed by atoms with van der Waals surface area (Å²) in [5.41, 5.74) is 0.571. The van der Waals surface area contributed by atoms with Crippen molar-refractivity contribution in [1.29, 1.82) is 5.41 Å². The molecule has 0 saturated carbocycles. The fourth-order valence-electron chi connectivity index (χ4n) is 2.75. The standard InChI is InChI=1S/C27H19NO8/c1-3-24(29)33-20-9-5-17(6-10-20)26(31)35-22-13-14-23(19(15-22)16-28)36-27(32)18-7-11-21(12-8-18)34-25(30)4-2/h3-16,28H,1-2H2. The van der Waals surface area contributed by atoms with Gasteiger partial charge in [0.05, 0.1) is 11.1 Å². The van der Waals surface area contributed by atoms with Crippen LogP contribution >= 0.6 is 0 Å². The average molecular weight is 485 g/mol. The predicted octanol–water partition coefficient (Wildman–Crippen LogP) is 4.31. The lowest BCUT2D eigenvalue weighted by molar-refractivity contribution is -0.129. The molecule has 0 radical (unpaired) electrons. The van der Waals surface area contributed by atoms with Crippen molar-refractivity contribution in [2.75, 3.05) is 0 Å². The van der Waals surface area contributed by atoms with E-state index in [-0.39, 0.29) is 39.7 Å². The maximum atomic E-state index is 12.5. The molecule has 0 atom stereocenters. The molecule has 3 aromatic rings. The van der Waals surface area contributed by atoms with Crippen molar-refractivity contribution in [3.63, 3.8) is 0 Å². The van der Waals surface area contributed by atoms with Crippen LogP contribution in [0.1, 0.15) is 26.3 Å². The zero-order chi connectivity index (χ0) is 26.1. The summed E-state index contributed by atoms with van der Waals surface area (Å²) in [4.78, 5) is 47.4. The Kier molecular flexibility index (Phi) is 8.23. The summed E-state index contributed by atoms with van der Waals surface area (Å²) in [6, 6.07) is 15.5. The molecule has 0 saturated heterocycles. The molecule has 0 bridgehead atoms. The van der Waals surface area contributed by atoms with E-state index in [9.17, 15) is 19.2 Å². The van der Waals surface area contributed by atoms with Crippen LogP contribution in [0.5, 0.6) is 23.0 Å². The second-order valence-electron chi connectivity index (χ2n) is 6.92. The summed E-state index contributed by atoms with van der Waals surface area (Å²) in [5.74, 6) is -1.99. The van der Waals surface area contributed by atoms with Gasteiger partial charge in [0, 0.05) is 23.9 Å². The predicted molar refractivity (Wildman–Crippen MR) is 129 cm³/mol. The van der Waals surface area contributed by atoms with Gasteiger partial charge in [-0.3, -0.25) is 0 Å². The summed E-state index contributed by atoms with van der Waals surface area (Å²) >= 11 is 0. The molecule has 3 rings (SSSR count). The lowest BCUT2D eigenvalue weighted by Crippen LogP contribution is -2.11. The van der Waals surface area contributed by atoms with Crippen LogP contribution in [0.15, 0.2) is 92.0 Å². The fraction of sp³-hybridized carbons (Fsp3) is 0. The normalized spacial score (nSPS) is 9.89. The van der Waals surface area contributed by atoms with Crippen LogP contribution in [-0.2, 0) is 9.59 Å². The summed E-state index contributed by atoms with van der Waals surface area (Å²) in [7, 11) is 0. The van der Waals surface area contributed by atoms with Crippen molar-refractivity contribution < 1.29 is 38.1 Å². The first kappa shape index (κ1) is 25.3. The van der Waals surface area contributed by atoms with Gasteiger partial charge >= 0.3 is 23.9 Å². The molecule has 0 amide bonds. The first-order valence-electron chi connectivity index (χ1n) is 10.3. The lowest BCUT2D eigenvalue weighted by atomic mass is 10.2. The van der Waals surface area contributed by atoms with Gasteiger partial charge in [-0.05, 0) is 66.7 Å². The Morgan fingerprint density at radius 1 is 0.611 bits per heavy atom. The van der Waals surface area contributed by atoms with Crippen molar-refractivity contribution in [3.8, 4) is 23.0 Å². The topological polar surface area (TPSA) is 129 Å². The Hall–Kier alpha value is -5.31. The third-order valence-corrected chi connectivity index (χ3v) is 4.50. The van der Waals surface area contributed by atoms with Crippen LogP contribution in [0.25, 0.3) is 0 Å². The average Bonchev–Trinajstić information content (AvgIpc) is 2.90. The monoisotopic (exact) mass is 485 g/mol. The number of ether oxygens (including phenoxy) is 4. The van der Waals surface area contributed by atoms with Gasteiger partial charge in [-0.2, -0.15) is 0 Å². The molecule has 9 heteroatoms. The van der Waals surface area contributed by atoms with Crippen LogP contribution in [0.3, 0.4) is 0 Å². The van der Waals surface area contributed by atoms with E-state index in [1.165, 1.54) is 66.7 Å². The molecule has 0 aliphatic rings. The van der Waals surface area contributed by atoms with Crippen molar-refractivity contribution >= 4 is 30.1 Å². The first-order valence-corrected chi connectivity index (χ1v) is 10.3. The summed E-state index contributed by atoms with van der Waals surface area (Å²) in [6.45, 7) is 6.61. The minimum Gasteiger partial charge on any atom is -0.423 e. The molecule has 0 aliphatic carbocycles. The Morgan fingerprint density at radius 3 is 1.50 bits per heavy atom. The molecule has 0 aliphatic heterocycles. The molecule has 0 spiro atoms. The van der Waals surface area contributed by atoms with Crippen LogP contribution in [0, 0.1) is 5.41 Å². The number of carbonyl (C=O) groups excluding carboxylic acids is 4. The van der Waals surface area contributed by atoms with Gasteiger partial charge < -0.3 is 24.4 Å². The zero-order valence-electron chi connectivity index (χ0n) is 18.8. The van der Waals surface area contributed by atoms with Crippen molar-refractivity contribution in [2.45, 2.75) is 0 Å². The molecule has 0 unspecified atom stereocenters. The minimum absolute atomic E-state index is 0.0744. The van der Waals surface area contributed by atoms with Crippen molar-refractivity contribution in [2.24, 2.45) is 0 Å². The number of hydrogen-bond donors (Lipinski definition) is 1.